The predicted octanol–water partition coefficient (Wildman–Crippen LogP) is 5.41. The maximum absolute atomic E-state index is 13.7. The number of carbonyl (C=O) groups is 2. The number of nitrogens with one attached hydrogen (secondary N) is 2. The Morgan fingerprint density at radius 3 is 2.17 bits per heavy atom. The molecular weight excluding hydrogens is 396 g/mol. The number of carbonyl (C=O) groups excluding carboxylic acids is 2. The molecule has 0 aliphatic rings. The average molecular weight is 413 g/mol. The molecule has 0 aliphatic heterocycles. The van der Waals surface area contributed by atoms with E-state index in [0.717, 1.165) is 4.31 Å². The number of thiol groups is 1. The number of amides is 3. The lowest BCUT2D eigenvalue weighted by Gasteiger charge is -2.17. The highest BCUT2D eigenvalue weighted by Gasteiger charge is 2.14. The van der Waals surface area contributed by atoms with Gasteiger partial charge in [-0.3, -0.25) is 4.79 Å². The highest BCUT2D eigenvalue weighted by atomic mass is 32.1. The number of benzene rings is 3. The second kappa shape index (κ2) is 8.74. The second-order valence-corrected chi connectivity index (χ2v) is 6.59. The Morgan fingerprint density at radius 2 is 1.52 bits per heavy atom. The van der Waals surface area contributed by atoms with Crippen LogP contribution in [0, 0.1) is 18.6 Å². The molecule has 3 aromatic carbocycles. The fourth-order valence-corrected chi connectivity index (χ4v) is 2.68. The number of urea groups is 1. The molecular formula is C21H17F2N3O2S. The molecule has 0 aliphatic carbocycles. The summed E-state index contributed by atoms with van der Waals surface area (Å²) in [5.41, 5.74) is 1.54. The van der Waals surface area contributed by atoms with Crippen LogP contribution in [0.4, 0.5) is 30.6 Å². The Bertz CT molecular complexity index is 1060. The molecule has 8 heteroatoms. The molecule has 0 saturated carbocycles. The van der Waals surface area contributed by atoms with Crippen molar-refractivity contribution in [1.29, 1.82) is 0 Å². The van der Waals surface area contributed by atoms with Gasteiger partial charge in [0.25, 0.3) is 5.91 Å². The predicted molar refractivity (Wildman–Crippen MR) is 112 cm³/mol. The van der Waals surface area contributed by atoms with Gasteiger partial charge in [0.15, 0.2) is 0 Å². The largest absolute Gasteiger partial charge is 0.336 e. The summed E-state index contributed by atoms with van der Waals surface area (Å²) in [6.07, 6.45) is 0. The maximum atomic E-state index is 13.7. The highest BCUT2D eigenvalue weighted by molar-refractivity contribution is 7.82. The molecule has 5 nitrogen and oxygen atoms in total. The van der Waals surface area contributed by atoms with Crippen LogP contribution >= 0.6 is 12.8 Å². The third kappa shape index (κ3) is 4.91. The standard InChI is InChI=1S/C21H17F2N3O2S/c1-13-6-7-15(12-19(13)23)25-21(28)26(29)16-10-8-14(9-11-16)24-20(27)17-4-2-3-5-18(17)22/h2-12,29H,1H3,(H,24,27)(H,25,28). The van der Waals surface area contributed by atoms with Crippen LogP contribution in [0.1, 0.15) is 15.9 Å². The quantitative estimate of drug-likeness (QED) is 0.501. The Balaban J connectivity index is 1.65. The van der Waals surface area contributed by atoms with Crippen LogP contribution in [0.5, 0.6) is 0 Å². The first-order chi connectivity index (χ1) is 13.8. The van der Waals surface area contributed by atoms with E-state index < -0.39 is 23.6 Å². The zero-order valence-electron chi connectivity index (χ0n) is 15.3. The normalized spacial score (nSPS) is 10.3. The lowest BCUT2D eigenvalue weighted by Crippen LogP contribution is -2.26. The van der Waals surface area contributed by atoms with Crippen LogP contribution in [-0.2, 0) is 0 Å². The van der Waals surface area contributed by atoms with E-state index in [9.17, 15) is 18.4 Å². The molecule has 0 spiro atoms. The Hall–Kier alpha value is -3.39. The molecule has 3 amide bonds. The zero-order chi connectivity index (χ0) is 21.0. The number of anilines is 3. The molecule has 0 aromatic heterocycles. The molecule has 3 rings (SSSR count). The van der Waals surface area contributed by atoms with Gasteiger partial charge in [-0.15, -0.1) is 0 Å². The summed E-state index contributed by atoms with van der Waals surface area (Å²) in [5, 5.41) is 5.12. The first-order valence-electron chi connectivity index (χ1n) is 8.57. The number of aryl methyl sites for hydroxylation is 1. The first-order valence-corrected chi connectivity index (χ1v) is 8.97. The minimum Gasteiger partial charge on any atom is -0.322 e. The van der Waals surface area contributed by atoms with Gasteiger partial charge >= 0.3 is 6.03 Å². The van der Waals surface area contributed by atoms with Crippen molar-refractivity contribution in [2.24, 2.45) is 0 Å². The van der Waals surface area contributed by atoms with Crippen LogP contribution in [0.2, 0.25) is 0 Å². The summed E-state index contributed by atoms with van der Waals surface area (Å²) in [6, 6.07) is 15.6. The van der Waals surface area contributed by atoms with Gasteiger partial charge in [-0.2, -0.15) is 0 Å². The topological polar surface area (TPSA) is 61.4 Å². The fourth-order valence-electron chi connectivity index (χ4n) is 2.49. The summed E-state index contributed by atoms with van der Waals surface area (Å²) in [5.74, 6) is -1.63. The number of rotatable bonds is 4. The van der Waals surface area contributed by atoms with Crippen molar-refractivity contribution in [2.75, 3.05) is 14.9 Å². The minimum atomic E-state index is -0.618. The smallest absolute Gasteiger partial charge is 0.322 e. The lowest BCUT2D eigenvalue weighted by atomic mass is 10.2. The van der Waals surface area contributed by atoms with Gasteiger partial charge in [-0.05, 0) is 61.0 Å². The third-order valence-corrected chi connectivity index (χ3v) is 4.52. The first kappa shape index (κ1) is 20.3. The minimum absolute atomic E-state index is 0.0721. The molecule has 0 fully saturated rings. The Kier molecular flexibility index (Phi) is 6.13. The molecule has 0 radical (unpaired) electrons. The van der Waals surface area contributed by atoms with E-state index in [0.29, 0.717) is 22.6 Å². The molecule has 29 heavy (non-hydrogen) atoms. The van der Waals surface area contributed by atoms with Crippen molar-refractivity contribution in [2.45, 2.75) is 6.92 Å². The van der Waals surface area contributed by atoms with E-state index in [1.165, 1.54) is 24.3 Å². The Labute approximate surface area is 171 Å². The lowest BCUT2D eigenvalue weighted by molar-refractivity contribution is 0.102. The van der Waals surface area contributed by atoms with Crippen LogP contribution in [0.25, 0.3) is 0 Å². The molecule has 2 N–H and O–H groups in total. The number of nitrogens with zero attached hydrogens (tertiary/aromatic N) is 1. The van der Waals surface area contributed by atoms with E-state index >= 15 is 0 Å². The highest BCUT2D eigenvalue weighted by Crippen LogP contribution is 2.22. The zero-order valence-corrected chi connectivity index (χ0v) is 16.2. The molecule has 0 heterocycles. The van der Waals surface area contributed by atoms with Crippen LogP contribution in [0.3, 0.4) is 0 Å². The average Bonchev–Trinajstić information content (AvgIpc) is 2.71. The van der Waals surface area contributed by atoms with Crippen LogP contribution < -0.4 is 14.9 Å². The van der Waals surface area contributed by atoms with Crippen molar-refractivity contribution in [3.63, 3.8) is 0 Å². The van der Waals surface area contributed by atoms with E-state index in [1.54, 1.807) is 49.4 Å². The molecule has 0 unspecified atom stereocenters. The third-order valence-electron chi connectivity index (χ3n) is 4.10. The van der Waals surface area contributed by atoms with E-state index in [4.69, 9.17) is 0 Å². The van der Waals surface area contributed by atoms with Crippen molar-refractivity contribution < 1.29 is 18.4 Å². The number of halogens is 2. The van der Waals surface area contributed by atoms with Crippen LogP contribution in [-0.4, -0.2) is 11.9 Å². The summed E-state index contributed by atoms with van der Waals surface area (Å²) in [6.45, 7) is 1.62. The van der Waals surface area contributed by atoms with E-state index in [-0.39, 0.29) is 5.56 Å². The number of hydrogen-bond donors (Lipinski definition) is 3. The SMILES string of the molecule is Cc1ccc(NC(=O)N(S)c2ccc(NC(=O)c3ccccc3F)cc2)cc1F. The monoisotopic (exact) mass is 413 g/mol. The van der Waals surface area contributed by atoms with E-state index in [1.807, 2.05) is 0 Å². The number of hydrogen-bond acceptors (Lipinski definition) is 3. The molecule has 0 bridgehead atoms. The second-order valence-electron chi connectivity index (χ2n) is 6.19. The molecule has 0 atom stereocenters. The van der Waals surface area contributed by atoms with Crippen molar-refractivity contribution in [3.05, 3.63) is 89.5 Å². The van der Waals surface area contributed by atoms with Gasteiger partial charge in [0.05, 0.1) is 11.3 Å². The maximum Gasteiger partial charge on any atom is 0.336 e. The fraction of sp³-hybridized carbons (Fsp3) is 0.0476. The summed E-state index contributed by atoms with van der Waals surface area (Å²) < 4.78 is 28.3. The van der Waals surface area contributed by atoms with Gasteiger partial charge in [-0.1, -0.05) is 31.0 Å². The van der Waals surface area contributed by atoms with Crippen molar-refractivity contribution >= 4 is 41.8 Å². The molecule has 3 aromatic rings. The van der Waals surface area contributed by atoms with Crippen molar-refractivity contribution in [3.8, 4) is 0 Å². The van der Waals surface area contributed by atoms with Gasteiger partial charge < -0.3 is 10.6 Å². The summed E-state index contributed by atoms with van der Waals surface area (Å²) in [7, 11) is 0. The van der Waals surface area contributed by atoms with Crippen LogP contribution in [0.15, 0.2) is 66.7 Å². The molecule has 0 saturated heterocycles. The summed E-state index contributed by atoms with van der Waals surface area (Å²) >= 11 is 4.16. The Morgan fingerprint density at radius 1 is 0.862 bits per heavy atom. The van der Waals surface area contributed by atoms with Gasteiger partial charge in [0.1, 0.15) is 11.6 Å². The molecule has 148 valence electrons. The summed E-state index contributed by atoms with van der Waals surface area (Å²) in [4.78, 5) is 24.4. The van der Waals surface area contributed by atoms with Crippen molar-refractivity contribution in [1.82, 2.24) is 0 Å². The van der Waals surface area contributed by atoms with Gasteiger partial charge in [0, 0.05) is 11.4 Å². The van der Waals surface area contributed by atoms with Gasteiger partial charge in [0.2, 0.25) is 0 Å². The van der Waals surface area contributed by atoms with E-state index in [2.05, 4.69) is 23.4 Å². The van der Waals surface area contributed by atoms with Gasteiger partial charge in [-0.25, -0.2) is 17.9 Å².